The molecule has 4 rings (SSSR count). The summed E-state index contributed by atoms with van der Waals surface area (Å²) in [6.45, 7) is 4.40. The first-order valence-corrected chi connectivity index (χ1v) is 8.59. The molecule has 0 aliphatic heterocycles. The number of aliphatic hydroxyl groups is 1. The van der Waals surface area contributed by atoms with Crippen LogP contribution >= 0.6 is 0 Å². The standard InChI is InChI=1S/C20H21N3O/c1-3-14-15(4-2)19(12-5-7-13(24)8-6-12)22-20-16(14)9-10-18-17(20)11-21-23-18/h5,7,9-11,24H,3-4,6,8H2,1-2H3,(H,21,23). The Bertz CT molecular complexity index is 995. The van der Waals surface area contributed by atoms with Crippen LogP contribution in [0.25, 0.3) is 27.4 Å². The molecule has 0 fully saturated rings. The fourth-order valence-electron chi connectivity index (χ4n) is 3.73. The molecule has 2 N–H and O–H groups in total. The average Bonchev–Trinajstić information content (AvgIpc) is 3.09. The largest absolute Gasteiger partial charge is 0.512 e. The summed E-state index contributed by atoms with van der Waals surface area (Å²) in [5.74, 6) is 0.450. The van der Waals surface area contributed by atoms with Crippen LogP contribution in [0, 0.1) is 0 Å². The highest BCUT2D eigenvalue weighted by Crippen LogP contribution is 2.34. The van der Waals surface area contributed by atoms with E-state index in [2.05, 4.69) is 36.2 Å². The molecule has 0 unspecified atom stereocenters. The predicted molar refractivity (Wildman–Crippen MR) is 98.1 cm³/mol. The van der Waals surface area contributed by atoms with E-state index in [1.807, 2.05) is 12.3 Å². The lowest BCUT2D eigenvalue weighted by Crippen LogP contribution is -2.05. The van der Waals surface area contributed by atoms with Crippen LogP contribution < -0.4 is 0 Å². The number of allylic oxidation sites excluding steroid dienone is 4. The molecule has 24 heavy (non-hydrogen) atoms. The number of nitrogens with zero attached hydrogens (tertiary/aromatic N) is 2. The normalized spacial score (nSPS) is 14.9. The van der Waals surface area contributed by atoms with Gasteiger partial charge < -0.3 is 5.11 Å². The third kappa shape index (κ3) is 2.21. The minimum atomic E-state index is 0.450. The van der Waals surface area contributed by atoms with Gasteiger partial charge in [-0.2, -0.15) is 5.10 Å². The SMILES string of the molecule is CCc1c(C2=CC=C(O)CC2)nc2c(ccc3[nH]ncc32)c1CC. The maximum absolute atomic E-state index is 9.67. The number of benzene rings is 1. The van der Waals surface area contributed by atoms with Crippen molar-refractivity contribution < 1.29 is 5.11 Å². The predicted octanol–water partition coefficient (Wildman–Crippen LogP) is 4.86. The van der Waals surface area contributed by atoms with Crippen molar-refractivity contribution in [3.8, 4) is 0 Å². The molecule has 2 aromatic heterocycles. The topological polar surface area (TPSA) is 61.8 Å². The molecule has 4 heteroatoms. The van der Waals surface area contributed by atoms with Gasteiger partial charge in [-0.1, -0.05) is 26.0 Å². The minimum absolute atomic E-state index is 0.450. The lowest BCUT2D eigenvalue weighted by atomic mass is 9.90. The summed E-state index contributed by atoms with van der Waals surface area (Å²) >= 11 is 0. The summed E-state index contributed by atoms with van der Waals surface area (Å²) in [5, 5.41) is 19.2. The van der Waals surface area contributed by atoms with Gasteiger partial charge in [0.25, 0.3) is 0 Å². The van der Waals surface area contributed by atoms with E-state index < -0.39 is 0 Å². The Morgan fingerprint density at radius 3 is 2.58 bits per heavy atom. The van der Waals surface area contributed by atoms with Crippen molar-refractivity contribution in [2.45, 2.75) is 39.5 Å². The van der Waals surface area contributed by atoms with E-state index >= 15 is 0 Å². The van der Waals surface area contributed by atoms with Crippen molar-refractivity contribution in [1.29, 1.82) is 0 Å². The van der Waals surface area contributed by atoms with Crippen LogP contribution in [0.15, 0.2) is 36.2 Å². The van der Waals surface area contributed by atoms with Crippen LogP contribution in [0.5, 0.6) is 0 Å². The average molecular weight is 319 g/mol. The Balaban J connectivity index is 2.08. The number of hydrogen-bond acceptors (Lipinski definition) is 3. The van der Waals surface area contributed by atoms with E-state index in [0.717, 1.165) is 41.4 Å². The molecule has 0 radical (unpaired) electrons. The van der Waals surface area contributed by atoms with Gasteiger partial charge in [0, 0.05) is 17.2 Å². The maximum atomic E-state index is 9.67. The number of hydrogen-bond donors (Lipinski definition) is 2. The number of fused-ring (bicyclic) bond motifs is 3. The van der Waals surface area contributed by atoms with Gasteiger partial charge in [0.15, 0.2) is 0 Å². The molecule has 1 aliphatic carbocycles. The van der Waals surface area contributed by atoms with Crippen LogP contribution in [-0.2, 0) is 12.8 Å². The summed E-state index contributed by atoms with van der Waals surface area (Å²) < 4.78 is 0. The number of nitrogens with one attached hydrogen (secondary N) is 1. The first-order valence-electron chi connectivity index (χ1n) is 8.59. The third-order valence-corrected chi connectivity index (χ3v) is 4.93. The van der Waals surface area contributed by atoms with Gasteiger partial charge in [-0.25, -0.2) is 4.98 Å². The Morgan fingerprint density at radius 2 is 1.88 bits per heavy atom. The minimum Gasteiger partial charge on any atom is -0.512 e. The van der Waals surface area contributed by atoms with Crippen LogP contribution in [0.2, 0.25) is 0 Å². The van der Waals surface area contributed by atoms with Gasteiger partial charge >= 0.3 is 0 Å². The second-order valence-corrected chi connectivity index (χ2v) is 6.27. The van der Waals surface area contributed by atoms with E-state index in [0.29, 0.717) is 12.2 Å². The van der Waals surface area contributed by atoms with Crippen molar-refractivity contribution in [2.24, 2.45) is 0 Å². The van der Waals surface area contributed by atoms with Gasteiger partial charge in [-0.3, -0.25) is 5.10 Å². The highest BCUT2D eigenvalue weighted by molar-refractivity contribution is 6.05. The Morgan fingerprint density at radius 1 is 1.04 bits per heavy atom. The van der Waals surface area contributed by atoms with E-state index in [9.17, 15) is 5.11 Å². The van der Waals surface area contributed by atoms with Crippen molar-refractivity contribution in [3.63, 3.8) is 0 Å². The lowest BCUT2D eigenvalue weighted by Gasteiger charge is -2.19. The van der Waals surface area contributed by atoms with Crippen molar-refractivity contribution in [1.82, 2.24) is 15.2 Å². The number of aromatic amines is 1. The van der Waals surface area contributed by atoms with E-state index in [-0.39, 0.29) is 0 Å². The van der Waals surface area contributed by atoms with Crippen LogP contribution in [0.1, 0.15) is 43.5 Å². The van der Waals surface area contributed by atoms with Gasteiger partial charge in [0.05, 0.1) is 28.7 Å². The first kappa shape index (κ1) is 14.9. The molecule has 0 saturated carbocycles. The maximum Gasteiger partial charge on any atom is 0.0926 e. The number of rotatable bonds is 3. The second-order valence-electron chi connectivity index (χ2n) is 6.27. The van der Waals surface area contributed by atoms with Gasteiger partial charge in [0.1, 0.15) is 0 Å². The molecular formula is C20H21N3O. The number of aryl methyl sites for hydroxylation is 1. The van der Waals surface area contributed by atoms with Crippen molar-refractivity contribution in [2.75, 3.05) is 0 Å². The zero-order valence-electron chi connectivity index (χ0n) is 14.1. The summed E-state index contributed by atoms with van der Waals surface area (Å²) in [5.41, 5.74) is 7.03. The molecule has 0 amide bonds. The molecule has 0 atom stereocenters. The lowest BCUT2D eigenvalue weighted by molar-refractivity contribution is 0.388. The number of aliphatic hydroxyl groups excluding tert-OH is 1. The number of H-pyrrole nitrogens is 1. The molecule has 122 valence electrons. The van der Waals surface area contributed by atoms with E-state index in [1.165, 1.54) is 22.1 Å². The molecule has 2 heterocycles. The molecule has 0 spiro atoms. The summed E-state index contributed by atoms with van der Waals surface area (Å²) in [4.78, 5) is 5.06. The van der Waals surface area contributed by atoms with Gasteiger partial charge in [-0.15, -0.1) is 0 Å². The Hall–Kier alpha value is -2.62. The van der Waals surface area contributed by atoms with Crippen molar-refractivity contribution >= 4 is 27.4 Å². The smallest absolute Gasteiger partial charge is 0.0926 e. The van der Waals surface area contributed by atoms with Gasteiger partial charge in [-0.05, 0) is 48.1 Å². The van der Waals surface area contributed by atoms with Gasteiger partial charge in [0.2, 0.25) is 0 Å². The monoisotopic (exact) mass is 319 g/mol. The quantitative estimate of drug-likeness (QED) is 0.725. The second kappa shape index (κ2) is 5.78. The highest BCUT2D eigenvalue weighted by atomic mass is 16.3. The number of pyridine rings is 1. The van der Waals surface area contributed by atoms with Crippen LogP contribution in [-0.4, -0.2) is 20.3 Å². The molecule has 3 aromatic rings. The molecular weight excluding hydrogens is 298 g/mol. The zero-order valence-corrected chi connectivity index (χ0v) is 14.1. The Kier molecular flexibility index (Phi) is 3.60. The highest BCUT2D eigenvalue weighted by Gasteiger charge is 2.18. The molecule has 0 bridgehead atoms. The third-order valence-electron chi connectivity index (χ3n) is 4.93. The summed E-state index contributed by atoms with van der Waals surface area (Å²) in [6, 6.07) is 4.25. The zero-order chi connectivity index (χ0) is 16.7. The fourth-order valence-corrected chi connectivity index (χ4v) is 3.73. The van der Waals surface area contributed by atoms with E-state index in [4.69, 9.17) is 4.98 Å². The first-order chi connectivity index (χ1) is 11.7. The molecule has 1 aromatic carbocycles. The summed E-state index contributed by atoms with van der Waals surface area (Å²) in [7, 11) is 0. The van der Waals surface area contributed by atoms with Crippen molar-refractivity contribution in [3.05, 3.63) is 53.1 Å². The fraction of sp³-hybridized carbons (Fsp3) is 0.300. The summed E-state index contributed by atoms with van der Waals surface area (Å²) in [6.07, 6.45) is 9.13. The Labute approximate surface area is 140 Å². The molecule has 4 nitrogen and oxygen atoms in total. The van der Waals surface area contributed by atoms with E-state index in [1.54, 1.807) is 6.08 Å². The van der Waals surface area contributed by atoms with Crippen LogP contribution in [0.4, 0.5) is 0 Å². The molecule has 0 saturated heterocycles. The van der Waals surface area contributed by atoms with Crippen LogP contribution in [0.3, 0.4) is 0 Å². The molecule has 1 aliphatic rings. The number of aromatic nitrogens is 3.